The molecule has 0 bridgehead atoms. The van der Waals surface area contributed by atoms with Gasteiger partial charge in [0.15, 0.2) is 18.5 Å². The Kier molecular flexibility index (Phi) is 16.9. The molecular weight excluding hydrogens is 668 g/mol. The van der Waals surface area contributed by atoms with Crippen molar-refractivity contribution in [1.82, 2.24) is 9.80 Å². The SMILES string of the molecule is C=CCN1CCN(C(=O)OC2/C=C/C(C)C(C(C)C/C=C/C(C)(O)CC3OC3=C(C)C(O)CC)OC(=O)CC(O)CCC2(C)OC(C)OCC)CC1. The van der Waals surface area contributed by atoms with Gasteiger partial charge >= 0.3 is 12.1 Å². The van der Waals surface area contributed by atoms with Crippen LogP contribution in [0.25, 0.3) is 0 Å². The Bertz CT molecular complexity index is 1260. The molecule has 0 aliphatic carbocycles. The fraction of sp³-hybridized carbons (Fsp3) is 0.750. The van der Waals surface area contributed by atoms with Crippen LogP contribution in [0.2, 0.25) is 0 Å². The molecule has 0 aromatic carbocycles. The Labute approximate surface area is 311 Å². The largest absolute Gasteiger partial charge is 0.483 e. The van der Waals surface area contributed by atoms with Crippen LogP contribution in [0.4, 0.5) is 4.79 Å². The van der Waals surface area contributed by atoms with Crippen molar-refractivity contribution < 1.29 is 48.6 Å². The third-order valence-electron chi connectivity index (χ3n) is 10.4. The van der Waals surface area contributed by atoms with Crippen LogP contribution in [-0.4, -0.2) is 125 Å². The fourth-order valence-corrected chi connectivity index (χ4v) is 7.02. The van der Waals surface area contributed by atoms with Crippen LogP contribution in [-0.2, 0) is 28.5 Å². The summed E-state index contributed by atoms with van der Waals surface area (Å²) in [7, 11) is 0. The topological polar surface area (TPSA) is 151 Å². The van der Waals surface area contributed by atoms with Crippen LogP contribution in [0, 0.1) is 11.8 Å². The molecule has 0 radical (unpaired) electrons. The van der Waals surface area contributed by atoms with E-state index in [0.29, 0.717) is 52.0 Å². The standard InChI is InChI=1S/C40H66N2O10/c1-10-20-41-21-23-42(24-22-41)38(46)50-34-16-15-28(5)36(51-35(45)25-31(43)17-19-40(34,9)52-30(7)48-12-3)27(4)14-13-18-39(8,47)26-33-37(49-33)29(6)32(44)11-2/h10,13,15-16,18,27-28,30-34,36,43-44,47H,1,11-12,14,17,19-26H2,2-9H3/b16-15+,18-13+,37-29?. The number of amides is 1. The molecule has 3 N–H and O–H groups in total. The number of hydrogen-bond acceptors (Lipinski definition) is 11. The third-order valence-corrected chi connectivity index (χ3v) is 10.4. The minimum Gasteiger partial charge on any atom is -0.483 e. The van der Waals surface area contributed by atoms with E-state index >= 15 is 0 Å². The first-order valence-corrected chi connectivity index (χ1v) is 19.1. The summed E-state index contributed by atoms with van der Waals surface area (Å²) in [5, 5.41) is 32.2. The van der Waals surface area contributed by atoms with Gasteiger partial charge in [-0.3, -0.25) is 9.69 Å². The van der Waals surface area contributed by atoms with E-state index in [2.05, 4.69) is 11.5 Å². The maximum absolute atomic E-state index is 13.6. The van der Waals surface area contributed by atoms with Crippen molar-refractivity contribution in [2.45, 2.75) is 142 Å². The van der Waals surface area contributed by atoms with Crippen LogP contribution in [0.15, 0.2) is 48.3 Å². The number of esters is 1. The van der Waals surface area contributed by atoms with Crippen molar-refractivity contribution in [3.05, 3.63) is 48.3 Å². The van der Waals surface area contributed by atoms with Gasteiger partial charge in [0.1, 0.15) is 17.5 Å². The van der Waals surface area contributed by atoms with Crippen molar-refractivity contribution in [3.63, 3.8) is 0 Å². The number of carbonyl (C=O) groups is 2. The Morgan fingerprint density at radius 2 is 1.88 bits per heavy atom. The van der Waals surface area contributed by atoms with Crippen LogP contribution in [0.3, 0.4) is 0 Å². The molecule has 3 aliphatic rings. The molecule has 12 nitrogen and oxygen atoms in total. The second-order valence-corrected chi connectivity index (χ2v) is 15.2. The zero-order valence-corrected chi connectivity index (χ0v) is 32.8. The first-order chi connectivity index (χ1) is 24.5. The first kappa shape index (κ1) is 43.7. The lowest BCUT2D eigenvalue weighted by Crippen LogP contribution is -2.52. The third kappa shape index (κ3) is 13.3. The van der Waals surface area contributed by atoms with Crippen molar-refractivity contribution in [1.29, 1.82) is 0 Å². The minimum atomic E-state index is -1.15. The number of rotatable bonds is 15. The molecule has 2 saturated heterocycles. The molecule has 3 heterocycles. The van der Waals surface area contributed by atoms with Gasteiger partial charge in [-0.25, -0.2) is 4.79 Å². The first-order valence-electron chi connectivity index (χ1n) is 19.1. The fourth-order valence-electron chi connectivity index (χ4n) is 7.02. The summed E-state index contributed by atoms with van der Waals surface area (Å²) in [6, 6.07) is 0. The molecule has 1 amide bonds. The lowest BCUT2D eigenvalue weighted by atomic mass is 9.86. The van der Waals surface area contributed by atoms with Gasteiger partial charge in [0.25, 0.3) is 0 Å². The van der Waals surface area contributed by atoms with Gasteiger partial charge in [-0.2, -0.15) is 0 Å². The zero-order valence-electron chi connectivity index (χ0n) is 32.8. The highest BCUT2D eigenvalue weighted by molar-refractivity contribution is 5.70. The molecule has 10 unspecified atom stereocenters. The number of allylic oxidation sites excluding steroid dienone is 1. The van der Waals surface area contributed by atoms with Crippen LogP contribution in [0.5, 0.6) is 0 Å². The van der Waals surface area contributed by atoms with E-state index in [9.17, 15) is 24.9 Å². The Morgan fingerprint density at radius 1 is 1.19 bits per heavy atom. The molecule has 3 rings (SSSR count). The summed E-state index contributed by atoms with van der Waals surface area (Å²) < 4.78 is 30.1. The van der Waals surface area contributed by atoms with E-state index in [0.717, 1.165) is 17.9 Å². The maximum atomic E-state index is 13.6. The van der Waals surface area contributed by atoms with Crippen molar-refractivity contribution in [3.8, 4) is 0 Å². The van der Waals surface area contributed by atoms with Crippen LogP contribution >= 0.6 is 0 Å². The average molecular weight is 735 g/mol. The van der Waals surface area contributed by atoms with E-state index in [1.165, 1.54) is 0 Å². The monoisotopic (exact) mass is 734 g/mol. The van der Waals surface area contributed by atoms with Gasteiger partial charge < -0.3 is 43.9 Å². The molecule has 0 saturated carbocycles. The van der Waals surface area contributed by atoms with E-state index in [1.807, 2.05) is 65.8 Å². The van der Waals surface area contributed by atoms with E-state index in [4.69, 9.17) is 23.7 Å². The van der Waals surface area contributed by atoms with Gasteiger partial charge in [0.2, 0.25) is 0 Å². The Morgan fingerprint density at radius 3 is 2.52 bits per heavy atom. The van der Waals surface area contributed by atoms with Gasteiger partial charge in [-0.15, -0.1) is 6.58 Å². The number of cyclic esters (lactones) is 1. The average Bonchev–Trinajstić information content (AvgIpc) is 3.85. The predicted octanol–water partition coefficient (Wildman–Crippen LogP) is 5.27. The van der Waals surface area contributed by atoms with E-state index in [1.54, 1.807) is 24.8 Å². The molecule has 0 spiro atoms. The summed E-state index contributed by atoms with van der Waals surface area (Å²) in [6.45, 7) is 22.4. The quantitative estimate of drug-likeness (QED) is 0.0874. The summed E-state index contributed by atoms with van der Waals surface area (Å²) in [5.41, 5.74) is -1.44. The maximum Gasteiger partial charge on any atom is 0.410 e. The summed E-state index contributed by atoms with van der Waals surface area (Å²) >= 11 is 0. The van der Waals surface area contributed by atoms with Gasteiger partial charge in [-0.05, 0) is 77.9 Å². The van der Waals surface area contributed by atoms with Crippen molar-refractivity contribution in [2.75, 3.05) is 39.3 Å². The molecule has 0 aromatic rings. The van der Waals surface area contributed by atoms with E-state index < -0.39 is 54.0 Å². The molecule has 3 aliphatic heterocycles. The minimum absolute atomic E-state index is 0.168. The number of nitrogens with zero attached hydrogens (tertiary/aromatic N) is 2. The Balaban J connectivity index is 1.81. The molecular formula is C40H66N2O10. The Hall–Kier alpha value is -2.74. The zero-order chi connectivity index (χ0) is 38.6. The number of aliphatic hydroxyl groups is 3. The van der Waals surface area contributed by atoms with Gasteiger partial charge in [0, 0.05) is 51.7 Å². The predicted molar refractivity (Wildman–Crippen MR) is 199 cm³/mol. The highest BCUT2D eigenvalue weighted by Gasteiger charge is 2.42. The van der Waals surface area contributed by atoms with Crippen molar-refractivity contribution >= 4 is 12.1 Å². The summed E-state index contributed by atoms with van der Waals surface area (Å²) in [6.07, 6.45) is 6.69. The smallest absolute Gasteiger partial charge is 0.410 e. The van der Waals surface area contributed by atoms with Gasteiger partial charge in [0.05, 0.1) is 24.2 Å². The number of carbonyl (C=O) groups excluding carboxylic acids is 2. The number of hydrogen-bond donors (Lipinski definition) is 3. The second-order valence-electron chi connectivity index (χ2n) is 15.2. The summed E-state index contributed by atoms with van der Waals surface area (Å²) in [5.74, 6) is -0.232. The lowest BCUT2D eigenvalue weighted by Gasteiger charge is -2.40. The highest BCUT2D eigenvalue weighted by Crippen LogP contribution is 2.38. The molecule has 10 atom stereocenters. The normalized spacial score (nSPS) is 32.2. The van der Waals surface area contributed by atoms with Gasteiger partial charge in [-0.1, -0.05) is 45.1 Å². The number of ether oxygens (including phenoxy) is 5. The molecule has 52 heavy (non-hydrogen) atoms. The van der Waals surface area contributed by atoms with Crippen LogP contribution < -0.4 is 0 Å². The van der Waals surface area contributed by atoms with E-state index in [-0.39, 0.29) is 37.2 Å². The van der Waals surface area contributed by atoms with Crippen molar-refractivity contribution in [2.24, 2.45) is 11.8 Å². The highest BCUT2D eigenvalue weighted by atomic mass is 16.7. The molecule has 12 heteroatoms. The molecule has 2 fully saturated rings. The number of epoxide rings is 1. The molecule has 296 valence electrons. The number of aliphatic hydroxyl groups excluding tert-OH is 2. The summed E-state index contributed by atoms with van der Waals surface area (Å²) in [4.78, 5) is 30.7. The van der Waals surface area contributed by atoms with Crippen LogP contribution in [0.1, 0.15) is 93.9 Å². The second kappa shape index (κ2) is 20.1. The number of piperazine rings is 1. The molecule has 0 aromatic heterocycles. The lowest BCUT2D eigenvalue weighted by molar-refractivity contribution is -0.222.